The summed E-state index contributed by atoms with van der Waals surface area (Å²) in [4.78, 5) is 12.2. The predicted octanol–water partition coefficient (Wildman–Crippen LogP) is 3.55. The van der Waals surface area contributed by atoms with Gasteiger partial charge in [-0.15, -0.1) is 11.6 Å². The van der Waals surface area contributed by atoms with Crippen LogP contribution < -0.4 is 14.8 Å². The number of ether oxygens (including phenoxy) is 2. The molecule has 1 amide bonds. The Hall–Kier alpha value is -1.42. The molecule has 5 heteroatoms. The summed E-state index contributed by atoms with van der Waals surface area (Å²) in [6.45, 7) is 2.70. The first kappa shape index (κ1) is 17.9. The molecule has 1 fully saturated rings. The average molecular weight is 340 g/mol. The smallest absolute Gasteiger partial charge is 0.224 e. The lowest BCUT2D eigenvalue weighted by Gasteiger charge is -2.27. The highest BCUT2D eigenvalue weighted by Gasteiger charge is 2.20. The lowest BCUT2D eigenvalue weighted by Crippen LogP contribution is -2.38. The number of benzene rings is 1. The second-order valence-corrected chi connectivity index (χ2v) is 6.60. The van der Waals surface area contributed by atoms with E-state index in [9.17, 15) is 4.79 Å². The fraction of sp³-hybridized carbons (Fsp3) is 0.611. The fourth-order valence-electron chi connectivity index (χ4n) is 2.96. The molecule has 1 saturated carbocycles. The van der Waals surface area contributed by atoms with E-state index in [1.165, 1.54) is 12.8 Å². The van der Waals surface area contributed by atoms with Crippen LogP contribution in [0.15, 0.2) is 18.2 Å². The third kappa shape index (κ3) is 5.61. The maximum atomic E-state index is 12.2. The molecule has 128 valence electrons. The van der Waals surface area contributed by atoms with Crippen LogP contribution in [0.5, 0.6) is 11.5 Å². The number of nitrogens with one attached hydrogen (secondary N) is 1. The summed E-state index contributed by atoms with van der Waals surface area (Å²) in [6, 6.07) is 5.91. The minimum absolute atomic E-state index is 0.0704. The lowest BCUT2D eigenvalue weighted by molar-refractivity contribution is -0.121. The molecule has 0 unspecified atom stereocenters. The van der Waals surface area contributed by atoms with E-state index in [-0.39, 0.29) is 5.91 Å². The Bertz CT molecular complexity index is 513. The predicted molar refractivity (Wildman–Crippen MR) is 92.5 cm³/mol. The van der Waals surface area contributed by atoms with Crippen molar-refractivity contribution < 1.29 is 14.3 Å². The number of carbonyl (C=O) groups is 1. The van der Waals surface area contributed by atoms with E-state index in [4.69, 9.17) is 21.1 Å². The molecular weight excluding hydrogens is 314 g/mol. The molecule has 0 atom stereocenters. The molecule has 0 heterocycles. The highest BCUT2D eigenvalue weighted by atomic mass is 35.5. The lowest BCUT2D eigenvalue weighted by atomic mass is 9.87. The zero-order valence-corrected chi connectivity index (χ0v) is 14.7. The maximum absolute atomic E-state index is 12.2. The quantitative estimate of drug-likeness (QED) is 0.773. The van der Waals surface area contributed by atoms with Gasteiger partial charge in [0.15, 0.2) is 11.5 Å². The largest absolute Gasteiger partial charge is 0.493 e. The summed E-state index contributed by atoms with van der Waals surface area (Å²) in [5.41, 5.74) is 0.918. The maximum Gasteiger partial charge on any atom is 0.224 e. The molecule has 0 spiro atoms. The van der Waals surface area contributed by atoms with Gasteiger partial charge in [-0.05, 0) is 49.3 Å². The molecule has 2 rings (SSSR count). The summed E-state index contributed by atoms with van der Waals surface area (Å²) in [5.74, 6) is 2.56. The van der Waals surface area contributed by atoms with Crippen LogP contribution >= 0.6 is 11.6 Å². The van der Waals surface area contributed by atoms with E-state index < -0.39 is 0 Å². The molecular formula is C18H26ClNO3. The van der Waals surface area contributed by atoms with Gasteiger partial charge in [0.05, 0.1) is 19.4 Å². The Morgan fingerprint density at radius 3 is 2.65 bits per heavy atom. The second kappa shape index (κ2) is 9.02. The van der Waals surface area contributed by atoms with Crippen LogP contribution in [0.4, 0.5) is 0 Å². The van der Waals surface area contributed by atoms with E-state index in [0.717, 1.165) is 24.3 Å². The van der Waals surface area contributed by atoms with Gasteiger partial charge in [-0.25, -0.2) is 0 Å². The van der Waals surface area contributed by atoms with Gasteiger partial charge in [-0.1, -0.05) is 13.0 Å². The van der Waals surface area contributed by atoms with Crippen molar-refractivity contribution >= 4 is 17.5 Å². The van der Waals surface area contributed by atoms with Crippen molar-refractivity contribution in [3.8, 4) is 11.5 Å². The van der Waals surface area contributed by atoms with E-state index in [1.54, 1.807) is 7.11 Å². The normalized spacial score (nSPS) is 20.8. The van der Waals surface area contributed by atoms with Gasteiger partial charge in [0, 0.05) is 6.04 Å². The number of hydrogen-bond acceptors (Lipinski definition) is 3. The van der Waals surface area contributed by atoms with Crippen LogP contribution in [0, 0.1) is 5.92 Å². The zero-order chi connectivity index (χ0) is 16.7. The summed E-state index contributed by atoms with van der Waals surface area (Å²) < 4.78 is 10.8. The van der Waals surface area contributed by atoms with Crippen molar-refractivity contribution in [3.63, 3.8) is 0 Å². The van der Waals surface area contributed by atoms with Crippen LogP contribution in [0.2, 0.25) is 0 Å². The van der Waals surface area contributed by atoms with Crippen LogP contribution in [-0.2, 0) is 11.2 Å². The van der Waals surface area contributed by atoms with Gasteiger partial charge < -0.3 is 14.8 Å². The van der Waals surface area contributed by atoms with E-state index in [2.05, 4.69) is 12.2 Å². The van der Waals surface area contributed by atoms with Gasteiger partial charge in [0.25, 0.3) is 0 Å². The number of halogens is 1. The van der Waals surface area contributed by atoms with Crippen LogP contribution in [-0.4, -0.2) is 31.5 Å². The van der Waals surface area contributed by atoms with Crippen molar-refractivity contribution in [1.29, 1.82) is 0 Å². The van der Waals surface area contributed by atoms with Crippen molar-refractivity contribution in [2.24, 2.45) is 5.92 Å². The molecule has 0 aromatic heterocycles. The minimum atomic E-state index is 0.0704. The molecule has 23 heavy (non-hydrogen) atoms. The van der Waals surface area contributed by atoms with Crippen molar-refractivity contribution in [1.82, 2.24) is 5.32 Å². The summed E-state index contributed by atoms with van der Waals surface area (Å²) in [7, 11) is 1.59. The van der Waals surface area contributed by atoms with E-state index in [0.29, 0.717) is 36.4 Å². The number of alkyl halides is 1. The molecule has 0 saturated heterocycles. The molecule has 0 radical (unpaired) electrons. The number of carbonyl (C=O) groups excluding carboxylic acids is 1. The molecule has 1 N–H and O–H groups in total. The Labute approximate surface area is 143 Å². The minimum Gasteiger partial charge on any atom is -0.493 e. The van der Waals surface area contributed by atoms with Gasteiger partial charge >= 0.3 is 0 Å². The molecule has 1 aromatic rings. The summed E-state index contributed by atoms with van der Waals surface area (Å²) >= 11 is 5.63. The first-order valence-electron chi connectivity index (χ1n) is 8.27. The molecule has 4 nitrogen and oxygen atoms in total. The summed E-state index contributed by atoms with van der Waals surface area (Å²) in [5, 5.41) is 3.15. The van der Waals surface area contributed by atoms with Crippen LogP contribution in [0.3, 0.4) is 0 Å². The first-order valence-corrected chi connectivity index (χ1v) is 8.81. The monoisotopic (exact) mass is 339 g/mol. The molecule has 1 aliphatic carbocycles. The topological polar surface area (TPSA) is 47.6 Å². The van der Waals surface area contributed by atoms with Gasteiger partial charge in [-0.3, -0.25) is 4.79 Å². The van der Waals surface area contributed by atoms with Crippen molar-refractivity contribution in [3.05, 3.63) is 23.8 Å². The number of rotatable bonds is 7. The first-order chi connectivity index (χ1) is 11.1. The van der Waals surface area contributed by atoms with Crippen LogP contribution in [0.1, 0.15) is 38.2 Å². The molecule has 1 aromatic carbocycles. The summed E-state index contributed by atoms with van der Waals surface area (Å²) in [6.07, 6.45) is 4.93. The second-order valence-electron chi connectivity index (χ2n) is 6.22. The fourth-order valence-corrected chi connectivity index (χ4v) is 3.04. The SMILES string of the molecule is COc1cc(CC(=O)NC2CCC(C)CC2)ccc1OCCCl. The highest BCUT2D eigenvalue weighted by Crippen LogP contribution is 2.28. The van der Waals surface area contributed by atoms with Gasteiger partial charge in [-0.2, -0.15) is 0 Å². The third-order valence-electron chi connectivity index (χ3n) is 4.31. The molecule has 0 aliphatic heterocycles. The van der Waals surface area contributed by atoms with E-state index >= 15 is 0 Å². The Kier molecular flexibility index (Phi) is 7.03. The van der Waals surface area contributed by atoms with E-state index in [1.807, 2.05) is 18.2 Å². The van der Waals surface area contributed by atoms with Crippen molar-refractivity contribution in [2.45, 2.75) is 45.1 Å². The van der Waals surface area contributed by atoms with Crippen molar-refractivity contribution in [2.75, 3.05) is 19.6 Å². The van der Waals surface area contributed by atoms with Gasteiger partial charge in [0.1, 0.15) is 6.61 Å². The number of methoxy groups -OCH3 is 1. The Morgan fingerprint density at radius 2 is 2.00 bits per heavy atom. The average Bonchev–Trinajstić information content (AvgIpc) is 2.55. The number of amides is 1. The molecule has 0 bridgehead atoms. The Morgan fingerprint density at radius 1 is 1.26 bits per heavy atom. The standard InChI is InChI=1S/C18H26ClNO3/c1-13-3-6-15(7-4-13)20-18(21)12-14-5-8-16(23-10-9-19)17(11-14)22-2/h5,8,11,13,15H,3-4,6-7,9-10,12H2,1-2H3,(H,20,21). The van der Waals surface area contributed by atoms with Gasteiger partial charge in [0.2, 0.25) is 5.91 Å². The third-order valence-corrected chi connectivity index (χ3v) is 4.46. The zero-order valence-electron chi connectivity index (χ0n) is 13.9. The number of hydrogen-bond donors (Lipinski definition) is 1. The van der Waals surface area contributed by atoms with Crippen LogP contribution in [0.25, 0.3) is 0 Å². The highest BCUT2D eigenvalue weighted by molar-refractivity contribution is 6.18. The molecule has 1 aliphatic rings. The Balaban J connectivity index is 1.90.